The van der Waals surface area contributed by atoms with Crippen LogP contribution < -0.4 is 5.32 Å². The number of nitrogens with zero attached hydrogens (tertiary/aromatic N) is 3. The van der Waals surface area contributed by atoms with Gasteiger partial charge in [0.05, 0.1) is 17.1 Å². The van der Waals surface area contributed by atoms with Crippen molar-refractivity contribution >= 4 is 23.4 Å². The molecular weight excluding hydrogens is 344 g/mol. The number of aryl methyl sites for hydroxylation is 1. The van der Waals surface area contributed by atoms with Gasteiger partial charge >= 0.3 is 0 Å². The number of hydrogen-bond acceptors (Lipinski definition) is 5. The highest BCUT2D eigenvalue weighted by Gasteiger charge is 2.61. The Morgan fingerprint density at radius 2 is 2.12 bits per heavy atom. The zero-order valence-electron chi connectivity index (χ0n) is 15.7. The van der Waals surface area contributed by atoms with Gasteiger partial charge in [0.1, 0.15) is 0 Å². The highest BCUT2D eigenvalue weighted by Crippen LogP contribution is 2.66. The normalized spacial score (nSPS) is 25.2. The molecule has 2 aromatic rings. The van der Waals surface area contributed by atoms with Crippen LogP contribution in [0.15, 0.2) is 29.4 Å². The molecule has 26 heavy (non-hydrogen) atoms. The summed E-state index contributed by atoms with van der Waals surface area (Å²) >= 11 is 1.35. The van der Waals surface area contributed by atoms with Gasteiger partial charge in [0.15, 0.2) is 0 Å². The molecule has 0 aliphatic heterocycles. The van der Waals surface area contributed by atoms with Crippen molar-refractivity contribution in [1.82, 2.24) is 15.2 Å². The van der Waals surface area contributed by atoms with Crippen LogP contribution in [0, 0.1) is 12.3 Å². The molecule has 1 N–H and O–H groups in total. The van der Waals surface area contributed by atoms with E-state index in [9.17, 15) is 4.79 Å². The second-order valence-corrected chi connectivity index (χ2v) is 9.12. The van der Waals surface area contributed by atoms with Gasteiger partial charge < -0.3 is 5.32 Å². The Balaban J connectivity index is 1.46. The second-order valence-electron chi connectivity index (χ2n) is 8.18. The quantitative estimate of drug-likeness (QED) is 0.824. The molecule has 136 valence electrons. The summed E-state index contributed by atoms with van der Waals surface area (Å²) in [6.07, 6.45) is 2.31. The van der Waals surface area contributed by atoms with Crippen molar-refractivity contribution in [1.29, 1.82) is 0 Å². The zero-order chi connectivity index (χ0) is 18.5. The minimum atomic E-state index is -0.0576. The van der Waals surface area contributed by atoms with Crippen molar-refractivity contribution < 1.29 is 4.79 Å². The molecule has 0 unspecified atom stereocenters. The number of rotatable bonds is 4. The number of nitrogens with one attached hydrogen (secondary N) is 1. The Hall–Kier alpha value is -1.95. The average Bonchev–Trinajstić information content (AvgIpc) is 2.92. The van der Waals surface area contributed by atoms with Crippen LogP contribution in [0.5, 0.6) is 0 Å². The highest BCUT2D eigenvalue weighted by molar-refractivity contribution is 7.99. The number of hydrogen-bond donors (Lipinski definition) is 1. The first-order valence-electron chi connectivity index (χ1n) is 9.06. The monoisotopic (exact) mass is 368 g/mol. The first-order valence-corrected chi connectivity index (χ1v) is 10.0. The third kappa shape index (κ3) is 2.62. The van der Waals surface area contributed by atoms with E-state index in [0.29, 0.717) is 11.1 Å². The molecule has 2 aliphatic rings. The predicted molar refractivity (Wildman–Crippen MR) is 103 cm³/mol. The molecule has 2 atom stereocenters. The lowest BCUT2D eigenvalue weighted by atomic mass is 9.70. The lowest BCUT2D eigenvalue weighted by molar-refractivity contribution is -0.113. The van der Waals surface area contributed by atoms with Gasteiger partial charge in [-0.25, -0.2) is 4.98 Å². The van der Waals surface area contributed by atoms with Crippen molar-refractivity contribution in [2.24, 2.45) is 5.41 Å². The van der Waals surface area contributed by atoms with E-state index < -0.39 is 0 Å². The molecular formula is C20H24N4OS. The van der Waals surface area contributed by atoms with Crippen LogP contribution in [0.4, 0.5) is 5.69 Å². The van der Waals surface area contributed by atoms with Crippen LogP contribution in [-0.4, -0.2) is 26.8 Å². The molecule has 0 saturated heterocycles. The van der Waals surface area contributed by atoms with Crippen molar-refractivity contribution in [2.45, 2.75) is 57.0 Å². The number of amides is 1. The van der Waals surface area contributed by atoms with Crippen LogP contribution in [0.25, 0.3) is 0 Å². The van der Waals surface area contributed by atoms with Crippen molar-refractivity contribution in [3.63, 3.8) is 0 Å². The lowest BCUT2D eigenvalue weighted by Crippen LogP contribution is -2.32. The maximum Gasteiger partial charge on any atom is 0.234 e. The van der Waals surface area contributed by atoms with Gasteiger partial charge in [0, 0.05) is 17.0 Å². The molecule has 1 aromatic carbocycles. The van der Waals surface area contributed by atoms with Crippen LogP contribution in [0.3, 0.4) is 0 Å². The van der Waals surface area contributed by atoms with Crippen LogP contribution in [-0.2, 0) is 10.2 Å². The molecule has 5 nitrogen and oxygen atoms in total. The Morgan fingerprint density at radius 1 is 1.31 bits per heavy atom. The average molecular weight is 369 g/mol. The summed E-state index contributed by atoms with van der Waals surface area (Å²) in [6.45, 7) is 8.93. The predicted octanol–water partition coefficient (Wildman–Crippen LogP) is 4.09. The third-order valence-corrected chi connectivity index (χ3v) is 7.24. The molecule has 4 rings (SSSR count). The minimum Gasteiger partial charge on any atom is -0.325 e. The molecule has 2 bridgehead atoms. The molecule has 6 heteroatoms. The maximum absolute atomic E-state index is 12.2. The summed E-state index contributed by atoms with van der Waals surface area (Å²) in [4.78, 5) is 17.0. The Labute approximate surface area is 158 Å². The number of thioether (sulfide) groups is 1. The molecule has 1 aromatic heterocycles. The zero-order valence-corrected chi connectivity index (χ0v) is 16.5. The summed E-state index contributed by atoms with van der Waals surface area (Å²) < 4.78 is 0. The third-order valence-electron chi connectivity index (χ3n) is 6.41. The fourth-order valence-electron chi connectivity index (χ4n) is 4.47. The van der Waals surface area contributed by atoms with Gasteiger partial charge in [0.2, 0.25) is 11.1 Å². The number of carbonyl (C=O) groups excluding carboxylic acids is 1. The van der Waals surface area contributed by atoms with E-state index in [1.807, 2.05) is 31.2 Å². The van der Waals surface area contributed by atoms with E-state index in [1.165, 1.54) is 11.8 Å². The number of carbonyl (C=O) groups is 1. The van der Waals surface area contributed by atoms with E-state index in [-0.39, 0.29) is 22.5 Å². The number of fused-ring (bicyclic) bond motifs is 5. The highest BCUT2D eigenvalue weighted by atomic mass is 32.2. The molecule has 2 aliphatic carbocycles. The lowest BCUT2D eigenvalue weighted by Gasteiger charge is -2.33. The molecule has 1 heterocycles. The standard InChI is InChI=1S/C20H24N4OS/c1-12-6-5-7-13(10-12)21-15(25)11-26-18-22-17-16(23-24-18)14-8-9-20(17,4)19(14,2)3/h5-7,10,14H,8-9,11H2,1-4H3,(H,21,25)/t14-,20+/m0/s1. The van der Waals surface area contributed by atoms with Gasteiger partial charge in [-0.1, -0.05) is 44.7 Å². The van der Waals surface area contributed by atoms with E-state index >= 15 is 0 Å². The summed E-state index contributed by atoms with van der Waals surface area (Å²) in [5.74, 6) is 0.668. The van der Waals surface area contributed by atoms with Crippen LogP contribution >= 0.6 is 11.8 Å². The summed E-state index contributed by atoms with van der Waals surface area (Å²) in [7, 11) is 0. The molecule has 1 fully saturated rings. The van der Waals surface area contributed by atoms with E-state index in [0.717, 1.165) is 35.5 Å². The van der Waals surface area contributed by atoms with Gasteiger partial charge in [-0.2, -0.15) is 5.10 Å². The number of benzene rings is 1. The molecule has 0 radical (unpaired) electrons. The maximum atomic E-state index is 12.2. The van der Waals surface area contributed by atoms with Crippen LogP contribution in [0.1, 0.15) is 56.5 Å². The fraction of sp³-hybridized carbons (Fsp3) is 0.500. The van der Waals surface area contributed by atoms with Gasteiger partial charge in [-0.15, -0.1) is 5.10 Å². The first kappa shape index (κ1) is 17.5. The minimum absolute atomic E-state index is 0.0576. The van der Waals surface area contributed by atoms with Gasteiger partial charge in [0.25, 0.3) is 0 Å². The topological polar surface area (TPSA) is 67.8 Å². The SMILES string of the molecule is Cc1cccc(NC(=O)CSc2nnc3c(n2)[C@@]2(C)CC[C@@H]3C2(C)C)c1. The summed E-state index contributed by atoms with van der Waals surface area (Å²) in [5.41, 5.74) is 4.32. The van der Waals surface area contributed by atoms with Crippen molar-refractivity contribution in [3.05, 3.63) is 41.2 Å². The van der Waals surface area contributed by atoms with Gasteiger partial charge in [-0.3, -0.25) is 4.79 Å². The first-order chi connectivity index (χ1) is 12.3. The van der Waals surface area contributed by atoms with Crippen molar-refractivity contribution in [3.8, 4) is 0 Å². The smallest absolute Gasteiger partial charge is 0.234 e. The Morgan fingerprint density at radius 3 is 2.88 bits per heavy atom. The van der Waals surface area contributed by atoms with E-state index in [1.54, 1.807) is 0 Å². The van der Waals surface area contributed by atoms with Crippen molar-refractivity contribution in [2.75, 3.05) is 11.1 Å². The number of anilines is 1. The second kappa shape index (κ2) is 6.05. The van der Waals surface area contributed by atoms with Crippen LogP contribution in [0.2, 0.25) is 0 Å². The van der Waals surface area contributed by atoms with Gasteiger partial charge in [-0.05, 0) is 42.9 Å². The Bertz CT molecular complexity index is 882. The Kier molecular flexibility index (Phi) is 4.06. The largest absolute Gasteiger partial charge is 0.325 e. The fourth-order valence-corrected chi connectivity index (χ4v) is 5.06. The van der Waals surface area contributed by atoms with E-state index in [4.69, 9.17) is 4.98 Å². The number of aromatic nitrogens is 3. The molecule has 1 saturated carbocycles. The summed E-state index contributed by atoms with van der Waals surface area (Å²) in [6, 6.07) is 7.78. The molecule has 0 spiro atoms. The molecule has 1 amide bonds. The summed E-state index contributed by atoms with van der Waals surface area (Å²) in [5, 5.41) is 12.3. The van der Waals surface area contributed by atoms with E-state index in [2.05, 4.69) is 36.3 Å².